The van der Waals surface area contributed by atoms with E-state index in [-0.39, 0.29) is 16.3 Å². The van der Waals surface area contributed by atoms with Crippen molar-refractivity contribution in [3.63, 3.8) is 0 Å². The van der Waals surface area contributed by atoms with Gasteiger partial charge in [0, 0.05) is 19.6 Å². The van der Waals surface area contributed by atoms with Gasteiger partial charge in [0.2, 0.25) is 5.91 Å². The maximum atomic E-state index is 13.7. The molecule has 198 valence electrons. The zero-order valence-electron chi connectivity index (χ0n) is 20.2. The van der Waals surface area contributed by atoms with Gasteiger partial charge in [-0.15, -0.1) is 0 Å². The lowest BCUT2D eigenvalue weighted by atomic mass is 10.2. The quantitative estimate of drug-likeness (QED) is 0.476. The molecule has 1 aliphatic heterocycles. The average molecular weight is 530 g/mol. The highest BCUT2D eigenvalue weighted by Gasteiger charge is 2.34. The Kier molecular flexibility index (Phi) is 9.20. The van der Waals surface area contributed by atoms with Gasteiger partial charge in [0.15, 0.2) is 0 Å². The van der Waals surface area contributed by atoms with E-state index in [4.69, 9.17) is 9.47 Å². The van der Waals surface area contributed by atoms with Gasteiger partial charge in [0.1, 0.15) is 17.2 Å². The monoisotopic (exact) mass is 529 g/mol. The van der Waals surface area contributed by atoms with E-state index in [1.165, 1.54) is 25.3 Å². The molecule has 0 saturated carbocycles. The molecule has 2 aromatic rings. The predicted molar refractivity (Wildman–Crippen MR) is 129 cm³/mol. The minimum atomic E-state index is -4.69. The number of sulfonamides is 1. The number of nitrogens with zero attached hydrogens (tertiary/aromatic N) is 2. The smallest absolute Gasteiger partial charge is 0.416 e. The number of carbonyl (C=O) groups excluding carboxylic acids is 1. The molecule has 0 aliphatic carbocycles. The minimum absolute atomic E-state index is 0.0171. The first-order chi connectivity index (χ1) is 17.0. The number of nitrogens with one attached hydrogen (secondary N) is 1. The van der Waals surface area contributed by atoms with E-state index in [2.05, 4.69) is 10.2 Å². The summed E-state index contributed by atoms with van der Waals surface area (Å²) in [6.07, 6.45) is -4.05. The van der Waals surface area contributed by atoms with Crippen LogP contribution in [0.25, 0.3) is 0 Å². The summed E-state index contributed by atoms with van der Waals surface area (Å²) in [5.41, 5.74) is -0.704. The fourth-order valence-electron chi connectivity index (χ4n) is 3.80. The standard InChI is InChI=1S/C24H30F3N3O5S/c1-18-7-8-21(34-2)22(15-18)36(32,33)30(20-6-3-5-19(16-20)24(25,26)27)17-23(31)28-9-4-10-29-11-13-35-14-12-29/h3,5-8,15-16H,4,9-14,17H2,1-2H3,(H,28,31). The number of hydrogen-bond acceptors (Lipinski definition) is 6. The number of amides is 1. The molecule has 3 rings (SSSR count). The van der Waals surface area contributed by atoms with Crippen LogP contribution >= 0.6 is 0 Å². The lowest BCUT2D eigenvalue weighted by molar-refractivity contribution is -0.137. The number of morpholine rings is 1. The largest absolute Gasteiger partial charge is 0.495 e. The number of halogens is 3. The van der Waals surface area contributed by atoms with Gasteiger partial charge in [-0.05, 0) is 55.8 Å². The van der Waals surface area contributed by atoms with E-state index in [1.54, 1.807) is 13.0 Å². The topological polar surface area (TPSA) is 88.2 Å². The number of carbonyl (C=O) groups is 1. The van der Waals surface area contributed by atoms with E-state index in [0.29, 0.717) is 42.1 Å². The molecule has 8 nitrogen and oxygen atoms in total. The molecule has 1 fully saturated rings. The average Bonchev–Trinajstić information content (AvgIpc) is 2.85. The number of anilines is 1. The summed E-state index contributed by atoms with van der Waals surface area (Å²) in [4.78, 5) is 14.7. The van der Waals surface area contributed by atoms with Crippen LogP contribution in [0.3, 0.4) is 0 Å². The van der Waals surface area contributed by atoms with E-state index >= 15 is 0 Å². The normalized spacial score (nSPS) is 14.9. The van der Waals surface area contributed by atoms with E-state index in [9.17, 15) is 26.4 Å². The van der Waals surface area contributed by atoms with Gasteiger partial charge in [0.05, 0.1) is 31.6 Å². The predicted octanol–water partition coefficient (Wildman–Crippen LogP) is 3.06. The molecule has 0 spiro atoms. The number of aryl methyl sites for hydroxylation is 1. The van der Waals surface area contributed by atoms with Gasteiger partial charge in [-0.2, -0.15) is 13.2 Å². The summed E-state index contributed by atoms with van der Waals surface area (Å²) >= 11 is 0. The lowest BCUT2D eigenvalue weighted by Gasteiger charge is -2.27. The van der Waals surface area contributed by atoms with Crippen LogP contribution < -0.4 is 14.4 Å². The molecule has 1 saturated heterocycles. The second-order valence-corrected chi connectivity index (χ2v) is 10.2. The second kappa shape index (κ2) is 11.9. The van der Waals surface area contributed by atoms with E-state index in [0.717, 1.165) is 31.8 Å². The van der Waals surface area contributed by atoms with Crippen molar-refractivity contribution in [2.24, 2.45) is 0 Å². The number of benzene rings is 2. The maximum absolute atomic E-state index is 13.7. The van der Waals surface area contributed by atoms with Crippen molar-refractivity contribution in [3.05, 3.63) is 53.6 Å². The zero-order valence-corrected chi connectivity index (χ0v) is 21.0. The van der Waals surface area contributed by atoms with Crippen molar-refractivity contribution >= 4 is 21.6 Å². The maximum Gasteiger partial charge on any atom is 0.416 e. The van der Waals surface area contributed by atoms with Crippen LogP contribution in [0.4, 0.5) is 18.9 Å². The SMILES string of the molecule is COc1ccc(C)cc1S(=O)(=O)N(CC(=O)NCCCN1CCOCC1)c1cccc(C(F)(F)F)c1. The minimum Gasteiger partial charge on any atom is -0.495 e. The Bertz CT molecular complexity index is 1150. The Morgan fingerprint density at radius 3 is 2.56 bits per heavy atom. The molecule has 0 atom stereocenters. The van der Waals surface area contributed by atoms with Gasteiger partial charge in [-0.25, -0.2) is 8.42 Å². The van der Waals surface area contributed by atoms with Crippen LogP contribution in [-0.4, -0.2) is 72.3 Å². The third-order valence-electron chi connectivity index (χ3n) is 5.71. The fraction of sp³-hybridized carbons (Fsp3) is 0.458. The molecule has 0 bridgehead atoms. The van der Waals surface area contributed by atoms with Crippen molar-refractivity contribution in [2.75, 3.05) is 57.4 Å². The highest BCUT2D eigenvalue weighted by Crippen LogP contribution is 2.35. The third-order valence-corrected chi connectivity index (χ3v) is 7.51. The highest BCUT2D eigenvalue weighted by atomic mass is 32.2. The zero-order chi connectivity index (χ0) is 26.3. The van der Waals surface area contributed by atoms with Gasteiger partial charge in [0.25, 0.3) is 10.0 Å². The first-order valence-electron chi connectivity index (χ1n) is 11.4. The van der Waals surface area contributed by atoms with Gasteiger partial charge in [-0.1, -0.05) is 12.1 Å². The Morgan fingerprint density at radius 2 is 1.89 bits per heavy atom. The van der Waals surface area contributed by atoms with Crippen molar-refractivity contribution in [1.82, 2.24) is 10.2 Å². The number of ether oxygens (including phenoxy) is 2. The molecule has 0 aromatic heterocycles. The Balaban J connectivity index is 1.84. The van der Waals surface area contributed by atoms with Crippen LogP contribution in [0.5, 0.6) is 5.75 Å². The third kappa shape index (κ3) is 7.11. The molecular weight excluding hydrogens is 499 g/mol. The molecule has 12 heteroatoms. The van der Waals surface area contributed by atoms with Crippen LogP contribution in [0.1, 0.15) is 17.5 Å². The summed E-state index contributed by atoms with van der Waals surface area (Å²) in [5.74, 6) is -0.618. The summed E-state index contributed by atoms with van der Waals surface area (Å²) in [6, 6.07) is 8.34. The first kappa shape index (κ1) is 27.8. The van der Waals surface area contributed by atoms with Crippen LogP contribution in [0, 0.1) is 6.92 Å². The van der Waals surface area contributed by atoms with Gasteiger partial charge in [-0.3, -0.25) is 14.0 Å². The summed E-state index contributed by atoms with van der Waals surface area (Å²) in [5, 5.41) is 2.67. The molecule has 1 amide bonds. The first-order valence-corrected chi connectivity index (χ1v) is 12.9. The highest BCUT2D eigenvalue weighted by molar-refractivity contribution is 7.93. The fourth-order valence-corrected chi connectivity index (χ4v) is 5.45. The second-order valence-electron chi connectivity index (χ2n) is 8.37. The van der Waals surface area contributed by atoms with Crippen LogP contribution in [0.2, 0.25) is 0 Å². The summed E-state index contributed by atoms with van der Waals surface area (Å²) < 4.78 is 78.6. The molecule has 1 heterocycles. The van der Waals surface area contributed by atoms with Crippen LogP contribution in [-0.2, 0) is 25.7 Å². The molecule has 1 N–H and O–H groups in total. The van der Waals surface area contributed by atoms with Crippen LogP contribution in [0.15, 0.2) is 47.4 Å². The summed E-state index contributed by atoms with van der Waals surface area (Å²) in [6.45, 7) is 4.91. The molecule has 0 unspecified atom stereocenters. The molecule has 2 aromatic carbocycles. The number of methoxy groups -OCH3 is 1. The Labute approximate surface area is 209 Å². The van der Waals surface area contributed by atoms with Crippen molar-refractivity contribution in [1.29, 1.82) is 0 Å². The molecule has 36 heavy (non-hydrogen) atoms. The molecule has 0 radical (unpaired) electrons. The van der Waals surface area contributed by atoms with Gasteiger partial charge >= 0.3 is 6.18 Å². The van der Waals surface area contributed by atoms with Crippen molar-refractivity contribution < 1.29 is 35.9 Å². The van der Waals surface area contributed by atoms with Crippen molar-refractivity contribution in [3.8, 4) is 5.75 Å². The van der Waals surface area contributed by atoms with Crippen molar-refractivity contribution in [2.45, 2.75) is 24.4 Å². The van der Waals surface area contributed by atoms with E-state index in [1.807, 2.05) is 0 Å². The number of alkyl halides is 3. The Hall–Kier alpha value is -2.83. The number of hydrogen-bond donors (Lipinski definition) is 1. The van der Waals surface area contributed by atoms with E-state index < -0.39 is 34.2 Å². The molecular formula is C24H30F3N3O5S. The van der Waals surface area contributed by atoms with Gasteiger partial charge < -0.3 is 14.8 Å². The molecule has 1 aliphatic rings. The summed E-state index contributed by atoms with van der Waals surface area (Å²) in [7, 11) is -3.18. The lowest BCUT2D eigenvalue weighted by Crippen LogP contribution is -2.42. The Morgan fingerprint density at radius 1 is 1.17 bits per heavy atom. The number of rotatable bonds is 10.